The number of rotatable bonds is 6. The van der Waals surface area contributed by atoms with Crippen molar-refractivity contribution in [2.75, 3.05) is 25.1 Å². The number of ether oxygens (including phenoxy) is 2. The minimum atomic E-state index is -0.620. The van der Waals surface area contributed by atoms with Gasteiger partial charge in [0.05, 0.1) is 32.3 Å². The molecule has 152 valence electrons. The molecule has 1 fully saturated rings. The third-order valence-corrected chi connectivity index (χ3v) is 4.17. The van der Waals surface area contributed by atoms with Crippen molar-refractivity contribution < 1.29 is 23.9 Å². The van der Waals surface area contributed by atoms with Crippen LogP contribution in [0.1, 0.15) is 38.2 Å². The molecule has 1 aliphatic rings. The van der Waals surface area contributed by atoms with Crippen LogP contribution < -0.4 is 15.0 Å². The van der Waals surface area contributed by atoms with E-state index in [1.165, 1.54) is 0 Å². The number of amides is 1. The van der Waals surface area contributed by atoms with E-state index >= 15 is 0 Å². The first kappa shape index (κ1) is 19.9. The van der Waals surface area contributed by atoms with Crippen molar-refractivity contribution >= 4 is 12.1 Å². The Bertz CT molecular complexity index is 793. The third kappa shape index (κ3) is 5.13. The van der Waals surface area contributed by atoms with Crippen LogP contribution in [0.5, 0.6) is 5.75 Å². The first-order valence-electron chi connectivity index (χ1n) is 9.12. The lowest BCUT2D eigenvalue weighted by Crippen LogP contribution is -2.51. The molecule has 2 N–H and O–H groups in total. The van der Waals surface area contributed by atoms with Gasteiger partial charge in [-0.1, -0.05) is 17.3 Å². The molecule has 1 saturated heterocycles. The predicted molar refractivity (Wildman–Crippen MR) is 101 cm³/mol. The molecular formula is C19H26N4O5. The molecule has 0 spiro atoms. The van der Waals surface area contributed by atoms with Crippen LogP contribution in [0.4, 0.5) is 10.8 Å². The van der Waals surface area contributed by atoms with Crippen molar-refractivity contribution in [3.8, 4) is 5.75 Å². The Hall–Kier alpha value is -2.81. The Labute approximate surface area is 163 Å². The Morgan fingerprint density at radius 3 is 2.61 bits per heavy atom. The van der Waals surface area contributed by atoms with Crippen LogP contribution in [0.3, 0.4) is 0 Å². The highest BCUT2D eigenvalue weighted by Gasteiger charge is 2.31. The van der Waals surface area contributed by atoms with Gasteiger partial charge < -0.3 is 29.3 Å². The highest BCUT2D eigenvalue weighted by Crippen LogP contribution is 2.24. The van der Waals surface area contributed by atoms with Crippen molar-refractivity contribution in [2.24, 2.45) is 0 Å². The largest absolute Gasteiger partial charge is 0.497 e. The van der Waals surface area contributed by atoms with Crippen LogP contribution in [0, 0.1) is 0 Å². The van der Waals surface area contributed by atoms with Crippen LogP contribution in [0.25, 0.3) is 0 Å². The minimum absolute atomic E-state index is 0.325. The summed E-state index contributed by atoms with van der Waals surface area (Å²) in [5.41, 5.74) is 0.345. The average molecular weight is 390 g/mol. The molecule has 0 bridgehead atoms. The number of aromatic nitrogens is 2. The maximum absolute atomic E-state index is 12.3. The molecule has 0 unspecified atom stereocenters. The molecule has 1 aliphatic heterocycles. The van der Waals surface area contributed by atoms with E-state index in [9.17, 15) is 9.90 Å². The Morgan fingerprint density at radius 1 is 1.36 bits per heavy atom. The number of carbonyl (C=O) groups is 1. The van der Waals surface area contributed by atoms with E-state index in [0.29, 0.717) is 31.3 Å². The van der Waals surface area contributed by atoms with E-state index in [-0.39, 0.29) is 6.10 Å². The number of benzene rings is 1. The Kier molecular flexibility index (Phi) is 5.73. The lowest BCUT2D eigenvalue weighted by Gasteiger charge is -2.33. The summed E-state index contributed by atoms with van der Waals surface area (Å²) in [7, 11) is 1.61. The summed E-state index contributed by atoms with van der Waals surface area (Å²) in [5, 5.41) is 16.3. The van der Waals surface area contributed by atoms with Gasteiger partial charge in [-0.15, -0.1) is 0 Å². The lowest BCUT2D eigenvalue weighted by molar-refractivity contribution is 0.0500. The van der Waals surface area contributed by atoms with Gasteiger partial charge in [0.1, 0.15) is 11.4 Å². The number of aliphatic hydroxyl groups is 1. The maximum atomic E-state index is 12.3. The number of nitrogens with one attached hydrogen (secondary N) is 1. The van der Waals surface area contributed by atoms with E-state index in [1.807, 2.05) is 24.3 Å². The van der Waals surface area contributed by atoms with E-state index in [2.05, 4.69) is 15.5 Å². The summed E-state index contributed by atoms with van der Waals surface area (Å²) in [4.78, 5) is 18.5. The van der Waals surface area contributed by atoms with Crippen molar-refractivity contribution in [3.05, 3.63) is 35.7 Å². The van der Waals surface area contributed by atoms with Gasteiger partial charge in [-0.3, -0.25) is 0 Å². The smallest absolute Gasteiger partial charge is 0.408 e. The van der Waals surface area contributed by atoms with E-state index < -0.39 is 17.7 Å². The Morgan fingerprint density at radius 2 is 2.04 bits per heavy atom. The second-order valence-electron chi connectivity index (χ2n) is 7.74. The summed E-state index contributed by atoms with van der Waals surface area (Å²) >= 11 is 0. The number of hydrogen-bond acceptors (Lipinski definition) is 8. The number of hydrogen-bond donors (Lipinski definition) is 2. The Balaban J connectivity index is 1.76. The molecule has 1 aromatic heterocycles. The standard InChI is InChI=1S/C19H26N4O5/c1-19(2,3)27-18(25)20-15(9-12-5-7-14(26-4)8-6-12)16-21-17(28-22-16)23-10-13(24)11-23/h5-8,13,15,24H,9-11H2,1-4H3,(H,20,25)/t15-/m0/s1. The fraction of sp³-hybridized carbons (Fsp3) is 0.526. The highest BCUT2D eigenvalue weighted by atomic mass is 16.6. The first-order chi connectivity index (χ1) is 13.2. The lowest BCUT2D eigenvalue weighted by atomic mass is 10.1. The van der Waals surface area contributed by atoms with Crippen molar-refractivity contribution in [2.45, 2.75) is 44.9 Å². The molecule has 0 aliphatic carbocycles. The SMILES string of the molecule is COc1ccc(C[C@H](NC(=O)OC(C)(C)C)c2noc(N3CC(O)C3)n2)cc1. The summed E-state index contributed by atoms with van der Waals surface area (Å²) < 4.78 is 15.8. The number of aliphatic hydroxyl groups excluding tert-OH is 1. The van der Waals surface area contributed by atoms with Gasteiger partial charge in [-0.25, -0.2) is 4.79 Å². The number of β-amino-alcohol motifs (C(OH)–C–C–N with tert-alkyl or cyclic N) is 1. The van der Waals surface area contributed by atoms with Gasteiger partial charge in [0.15, 0.2) is 5.82 Å². The third-order valence-electron chi connectivity index (χ3n) is 4.17. The van der Waals surface area contributed by atoms with E-state index in [4.69, 9.17) is 14.0 Å². The number of methoxy groups -OCH3 is 1. The topological polar surface area (TPSA) is 110 Å². The van der Waals surface area contributed by atoms with Crippen molar-refractivity contribution in [1.82, 2.24) is 15.5 Å². The molecule has 1 aromatic carbocycles. The molecule has 0 radical (unpaired) electrons. The van der Waals surface area contributed by atoms with Crippen molar-refractivity contribution in [1.29, 1.82) is 0 Å². The summed E-state index contributed by atoms with van der Waals surface area (Å²) in [6.45, 7) is 6.29. The maximum Gasteiger partial charge on any atom is 0.408 e. The van der Waals surface area contributed by atoms with Gasteiger partial charge in [0.2, 0.25) is 0 Å². The minimum Gasteiger partial charge on any atom is -0.497 e. The quantitative estimate of drug-likeness (QED) is 0.771. The molecular weight excluding hydrogens is 364 g/mol. The zero-order chi connectivity index (χ0) is 20.3. The molecule has 1 amide bonds. The monoisotopic (exact) mass is 390 g/mol. The fourth-order valence-electron chi connectivity index (χ4n) is 2.76. The van der Waals surface area contributed by atoms with Crippen LogP contribution >= 0.6 is 0 Å². The average Bonchev–Trinajstić information content (AvgIpc) is 3.07. The second kappa shape index (κ2) is 8.05. The van der Waals surface area contributed by atoms with Gasteiger partial charge in [0.25, 0.3) is 0 Å². The summed E-state index contributed by atoms with van der Waals surface area (Å²) in [5.74, 6) is 1.09. The molecule has 2 heterocycles. The molecule has 9 heteroatoms. The fourth-order valence-corrected chi connectivity index (χ4v) is 2.76. The number of anilines is 1. The van der Waals surface area contributed by atoms with Crippen LogP contribution in [-0.2, 0) is 11.2 Å². The normalized spacial score (nSPS) is 15.7. The molecule has 1 atom stereocenters. The molecule has 3 rings (SSSR count). The summed E-state index contributed by atoms with van der Waals surface area (Å²) in [6.07, 6.45) is -0.493. The first-order valence-corrected chi connectivity index (χ1v) is 9.12. The van der Waals surface area contributed by atoms with Crippen LogP contribution in [-0.4, -0.2) is 53.2 Å². The molecule has 9 nitrogen and oxygen atoms in total. The van der Waals surface area contributed by atoms with Gasteiger partial charge >= 0.3 is 12.1 Å². The predicted octanol–water partition coefficient (Wildman–Crippen LogP) is 2.07. The summed E-state index contributed by atoms with van der Waals surface area (Å²) in [6, 6.07) is 7.31. The van der Waals surface area contributed by atoms with E-state index in [1.54, 1.807) is 32.8 Å². The molecule has 0 saturated carbocycles. The number of nitrogens with zero attached hydrogens (tertiary/aromatic N) is 3. The zero-order valence-corrected chi connectivity index (χ0v) is 16.5. The second-order valence-corrected chi connectivity index (χ2v) is 7.74. The van der Waals surface area contributed by atoms with E-state index in [0.717, 1.165) is 11.3 Å². The molecule has 28 heavy (non-hydrogen) atoms. The zero-order valence-electron chi connectivity index (χ0n) is 16.5. The number of carbonyl (C=O) groups excluding carboxylic acids is 1. The number of alkyl carbamates (subject to hydrolysis) is 1. The van der Waals surface area contributed by atoms with Gasteiger partial charge in [-0.2, -0.15) is 4.98 Å². The van der Waals surface area contributed by atoms with Crippen LogP contribution in [0.2, 0.25) is 0 Å². The van der Waals surface area contributed by atoms with Gasteiger partial charge in [-0.05, 0) is 38.5 Å². The van der Waals surface area contributed by atoms with Crippen molar-refractivity contribution in [3.63, 3.8) is 0 Å². The highest BCUT2D eigenvalue weighted by molar-refractivity contribution is 5.68. The van der Waals surface area contributed by atoms with Crippen LogP contribution in [0.15, 0.2) is 28.8 Å². The molecule has 2 aromatic rings. The van der Waals surface area contributed by atoms with Gasteiger partial charge in [0, 0.05) is 6.42 Å².